The van der Waals surface area contributed by atoms with E-state index in [0.29, 0.717) is 19.3 Å². The van der Waals surface area contributed by atoms with Crippen molar-refractivity contribution in [1.82, 2.24) is 0 Å². The van der Waals surface area contributed by atoms with Crippen molar-refractivity contribution < 1.29 is 28.6 Å². The fraction of sp³-hybridized carbons (Fsp3) is 0.904. The lowest BCUT2D eigenvalue weighted by molar-refractivity contribution is -0.167. The Morgan fingerprint density at radius 3 is 0.879 bits per heavy atom. The predicted molar refractivity (Wildman–Crippen MR) is 247 cm³/mol. The summed E-state index contributed by atoms with van der Waals surface area (Å²) in [6, 6.07) is 0. The first-order valence-electron chi connectivity index (χ1n) is 25.7. The molecule has 0 amide bonds. The van der Waals surface area contributed by atoms with Crippen molar-refractivity contribution in [2.45, 2.75) is 290 Å². The van der Waals surface area contributed by atoms with Gasteiger partial charge in [-0.05, 0) is 44.9 Å². The minimum atomic E-state index is -0.767. The lowest BCUT2D eigenvalue weighted by Crippen LogP contribution is -2.30. The number of ether oxygens (including phenoxy) is 3. The number of esters is 3. The fourth-order valence-electron chi connectivity index (χ4n) is 7.61. The normalized spacial score (nSPS) is 12.0. The van der Waals surface area contributed by atoms with Crippen molar-refractivity contribution in [2.24, 2.45) is 0 Å². The number of rotatable bonds is 47. The van der Waals surface area contributed by atoms with Crippen LogP contribution in [0.4, 0.5) is 0 Å². The Kier molecular flexibility index (Phi) is 46.3. The highest BCUT2D eigenvalue weighted by Crippen LogP contribution is 2.16. The maximum absolute atomic E-state index is 12.8. The predicted octanol–water partition coefficient (Wildman–Crippen LogP) is 16.6. The molecule has 0 aliphatic heterocycles. The van der Waals surface area contributed by atoms with E-state index in [-0.39, 0.29) is 31.1 Å². The molecule has 0 aromatic rings. The molecule has 0 aliphatic carbocycles. The average molecular weight is 819 g/mol. The van der Waals surface area contributed by atoms with Crippen LogP contribution < -0.4 is 0 Å². The molecule has 0 bridgehead atoms. The zero-order chi connectivity index (χ0) is 42.3. The molecule has 1 atom stereocenters. The standard InChI is InChI=1S/C52H98O6/c1-4-7-10-13-16-19-22-25-28-30-33-36-39-42-45-51(54)57-48-49(58-52(55)46-43-40-37-34-31-27-24-21-18-15-12-9-6-3)47-56-50(53)44-41-38-35-32-29-26-23-20-17-14-11-8-5-2/h21,24,49H,4-20,22-23,25-48H2,1-3H3/b24-21-/t49-/m1/s1. The molecule has 0 rings (SSSR count). The minimum absolute atomic E-state index is 0.0681. The lowest BCUT2D eigenvalue weighted by Gasteiger charge is -2.18. The van der Waals surface area contributed by atoms with Gasteiger partial charge in [0.05, 0.1) is 0 Å². The summed E-state index contributed by atoms with van der Waals surface area (Å²) >= 11 is 0. The van der Waals surface area contributed by atoms with Crippen molar-refractivity contribution >= 4 is 17.9 Å². The number of hydrogen-bond donors (Lipinski definition) is 0. The molecule has 0 aromatic heterocycles. The first-order chi connectivity index (χ1) is 28.5. The molecule has 0 radical (unpaired) electrons. The van der Waals surface area contributed by atoms with E-state index in [1.165, 1.54) is 180 Å². The van der Waals surface area contributed by atoms with Crippen molar-refractivity contribution in [2.75, 3.05) is 13.2 Å². The average Bonchev–Trinajstić information content (AvgIpc) is 3.22. The Bertz CT molecular complexity index is 900. The smallest absolute Gasteiger partial charge is 0.306 e. The summed E-state index contributed by atoms with van der Waals surface area (Å²) in [7, 11) is 0. The van der Waals surface area contributed by atoms with Crippen LogP contribution in [0.2, 0.25) is 0 Å². The number of unbranched alkanes of at least 4 members (excludes halogenated alkanes) is 34. The van der Waals surface area contributed by atoms with Crippen LogP contribution in [0.3, 0.4) is 0 Å². The van der Waals surface area contributed by atoms with E-state index in [0.717, 1.165) is 64.2 Å². The highest BCUT2D eigenvalue weighted by Gasteiger charge is 2.19. The van der Waals surface area contributed by atoms with Crippen molar-refractivity contribution in [3.05, 3.63) is 12.2 Å². The molecule has 58 heavy (non-hydrogen) atoms. The van der Waals surface area contributed by atoms with E-state index >= 15 is 0 Å². The van der Waals surface area contributed by atoms with Crippen LogP contribution in [-0.2, 0) is 28.6 Å². The molecule has 0 saturated carbocycles. The van der Waals surface area contributed by atoms with Crippen molar-refractivity contribution in [3.8, 4) is 0 Å². The third-order valence-corrected chi connectivity index (χ3v) is 11.5. The molecule has 0 aliphatic rings. The Balaban J connectivity index is 4.33. The Morgan fingerprint density at radius 2 is 0.569 bits per heavy atom. The van der Waals surface area contributed by atoms with E-state index in [1.54, 1.807) is 0 Å². The summed E-state index contributed by atoms with van der Waals surface area (Å²) in [4.78, 5) is 37.9. The Hall–Kier alpha value is -1.85. The maximum atomic E-state index is 12.8. The summed E-state index contributed by atoms with van der Waals surface area (Å²) in [6.07, 6.45) is 51.9. The second kappa shape index (κ2) is 47.8. The van der Waals surface area contributed by atoms with Crippen molar-refractivity contribution in [3.63, 3.8) is 0 Å². The maximum Gasteiger partial charge on any atom is 0.306 e. The molecule has 0 fully saturated rings. The zero-order valence-electron chi connectivity index (χ0n) is 39.1. The van der Waals surface area contributed by atoms with Crippen LogP contribution in [0.25, 0.3) is 0 Å². The molecular weight excluding hydrogens is 721 g/mol. The van der Waals surface area contributed by atoms with Gasteiger partial charge in [-0.25, -0.2) is 0 Å². The van der Waals surface area contributed by atoms with Crippen LogP contribution in [-0.4, -0.2) is 37.2 Å². The molecule has 0 saturated heterocycles. The second-order valence-corrected chi connectivity index (χ2v) is 17.4. The van der Waals surface area contributed by atoms with Crippen molar-refractivity contribution in [1.29, 1.82) is 0 Å². The minimum Gasteiger partial charge on any atom is -0.462 e. The molecule has 0 spiro atoms. The molecule has 0 N–H and O–H groups in total. The van der Waals surface area contributed by atoms with E-state index in [2.05, 4.69) is 32.9 Å². The summed E-state index contributed by atoms with van der Waals surface area (Å²) in [5.74, 6) is -0.861. The first-order valence-corrected chi connectivity index (χ1v) is 25.7. The van der Waals surface area contributed by atoms with Crippen LogP contribution in [0, 0.1) is 0 Å². The SMILES string of the molecule is CCCCCC/C=C\CCCCCCCC(=O)O[C@H](COC(=O)CCCCCCCCCCCCCCC)COC(=O)CCCCCCCCCCCCCCCC. The van der Waals surface area contributed by atoms with E-state index in [1.807, 2.05) is 0 Å². The van der Waals surface area contributed by atoms with E-state index < -0.39 is 6.10 Å². The number of carbonyl (C=O) groups excluding carboxylic acids is 3. The summed E-state index contributed by atoms with van der Waals surface area (Å²) in [6.45, 7) is 6.65. The summed E-state index contributed by atoms with van der Waals surface area (Å²) in [5.41, 5.74) is 0. The highest BCUT2D eigenvalue weighted by molar-refractivity contribution is 5.71. The van der Waals surface area contributed by atoms with Gasteiger partial charge in [0, 0.05) is 19.3 Å². The summed E-state index contributed by atoms with van der Waals surface area (Å²) < 4.78 is 16.8. The quantitative estimate of drug-likeness (QED) is 0.0263. The van der Waals surface area contributed by atoms with Crippen LogP contribution in [0.5, 0.6) is 0 Å². The van der Waals surface area contributed by atoms with Gasteiger partial charge in [-0.1, -0.05) is 232 Å². The van der Waals surface area contributed by atoms with Gasteiger partial charge in [0.1, 0.15) is 13.2 Å². The van der Waals surface area contributed by atoms with Gasteiger partial charge in [0.2, 0.25) is 0 Å². The van der Waals surface area contributed by atoms with Gasteiger partial charge in [-0.3, -0.25) is 14.4 Å². The number of carbonyl (C=O) groups is 3. The van der Waals surface area contributed by atoms with Gasteiger partial charge in [-0.2, -0.15) is 0 Å². The molecule has 6 heteroatoms. The summed E-state index contributed by atoms with van der Waals surface area (Å²) in [5, 5.41) is 0. The fourth-order valence-corrected chi connectivity index (χ4v) is 7.61. The molecule has 0 heterocycles. The number of hydrogen-bond acceptors (Lipinski definition) is 6. The van der Waals surface area contributed by atoms with Crippen LogP contribution in [0.15, 0.2) is 12.2 Å². The first kappa shape index (κ1) is 56.1. The molecule has 6 nitrogen and oxygen atoms in total. The highest BCUT2D eigenvalue weighted by atomic mass is 16.6. The van der Waals surface area contributed by atoms with E-state index in [4.69, 9.17) is 14.2 Å². The monoisotopic (exact) mass is 819 g/mol. The van der Waals surface area contributed by atoms with Gasteiger partial charge in [0.15, 0.2) is 6.10 Å². The molecule has 0 unspecified atom stereocenters. The molecular formula is C52H98O6. The molecule has 0 aromatic carbocycles. The lowest BCUT2D eigenvalue weighted by atomic mass is 10.0. The Labute approximate surface area is 360 Å². The second-order valence-electron chi connectivity index (χ2n) is 17.4. The van der Waals surface area contributed by atoms with Gasteiger partial charge >= 0.3 is 17.9 Å². The van der Waals surface area contributed by atoms with Gasteiger partial charge in [-0.15, -0.1) is 0 Å². The zero-order valence-corrected chi connectivity index (χ0v) is 39.1. The number of allylic oxidation sites excluding steroid dienone is 2. The largest absolute Gasteiger partial charge is 0.462 e. The van der Waals surface area contributed by atoms with Crippen LogP contribution in [0.1, 0.15) is 284 Å². The van der Waals surface area contributed by atoms with E-state index in [9.17, 15) is 14.4 Å². The van der Waals surface area contributed by atoms with Gasteiger partial charge in [0.25, 0.3) is 0 Å². The third-order valence-electron chi connectivity index (χ3n) is 11.5. The Morgan fingerprint density at radius 1 is 0.328 bits per heavy atom. The third kappa shape index (κ3) is 45.2. The van der Waals surface area contributed by atoms with Crippen LogP contribution >= 0.6 is 0 Å². The topological polar surface area (TPSA) is 78.9 Å². The van der Waals surface area contributed by atoms with Gasteiger partial charge < -0.3 is 14.2 Å². The molecule has 342 valence electrons.